The molecule has 106 valence electrons. The number of piperidine rings is 1. The van der Waals surface area contributed by atoms with Crippen LogP contribution in [0.4, 0.5) is 0 Å². The Morgan fingerprint density at radius 2 is 2.26 bits per heavy atom. The lowest BCUT2D eigenvalue weighted by Crippen LogP contribution is -2.43. The lowest BCUT2D eigenvalue weighted by molar-refractivity contribution is 0.193. The minimum atomic E-state index is 0.613. The molecule has 19 heavy (non-hydrogen) atoms. The molecule has 2 heterocycles. The zero-order valence-electron chi connectivity index (χ0n) is 12.5. The fourth-order valence-electron chi connectivity index (χ4n) is 2.81. The molecule has 1 aromatic heterocycles. The molecule has 2 rings (SSSR count). The van der Waals surface area contributed by atoms with Crippen molar-refractivity contribution in [1.82, 2.24) is 15.2 Å². The van der Waals surface area contributed by atoms with Crippen LogP contribution in [0, 0.1) is 13.8 Å². The van der Waals surface area contributed by atoms with E-state index in [1.54, 1.807) is 7.11 Å². The molecule has 0 amide bonds. The van der Waals surface area contributed by atoms with Crippen LogP contribution in [0.2, 0.25) is 0 Å². The summed E-state index contributed by atoms with van der Waals surface area (Å²) in [6, 6.07) is 0.613. The molecule has 1 fully saturated rings. The first-order valence-electron chi connectivity index (χ1n) is 7.03. The molecular weight excluding hydrogens is 238 g/mol. The number of nitrogens with zero attached hydrogens (tertiary/aromatic N) is 2. The number of pyridine rings is 1. The molecule has 0 spiro atoms. The largest absolute Gasteiger partial charge is 0.496 e. The third-order valence-corrected chi connectivity index (χ3v) is 4.04. The predicted molar refractivity (Wildman–Crippen MR) is 77.6 cm³/mol. The summed E-state index contributed by atoms with van der Waals surface area (Å²) in [5.74, 6) is 0.972. The topological polar surface area (TPSA) is 37.4 Å². The van der Waals surface area contributed by atoms with Crippen molar-refractivity contribution < 1.29 is 4.74 Å². The van der Waals surface area contributed by atoms with Gasteiger partial charge in [0.1, 0.15) is 5.75 Å². The lowest BCUT2D eigenvalue weighted by atomic mass is 10.1. The van der Waals surface area contributed by atoms with Crippen molar-refractivity contribution in [3.8, 4) is 5.75 Å². The van der Waals surface area contributed by atoms with E-state index in [9.17, 15) is 0 Å². The van der Waals surface area contributed by atoms with Crippen LogP contribution in [-0.2, 0) is 6.54 Å². The Morgan fingerprint density at radius 1 is 1.47 bits per heavy atom. The molecule has 1 saturated heterocycles. The maximum Gasteiger partial charge on any atom is 0.128 e. The number of aromatic nitrogens is 1. The molecule has 0 bridgehead atoms. The highest BCUT2D eigenvalue weighted by atomic mass is 16.5. The van der Waals surface area contributed by atoms with Crippen molar-refractivity contribution >= 4 is 0 Å². The average Bonchev–Trinajstić information content (AvgIpc) is 2.43. The van der Waals surface area contributed by atoms with Gasteiger partial charge in [0, 0.05) is 36.5 Å². The number of aryl methyl sites for hydroxylation is 1. The van der Waals surface area contributed by atoms with Crippen molar-refractivity contribution in [3.63, 3.8) is 0 Å². The van der Waals surface area contributed by atoms with Gasteiger partial charge in [-0.1, -0.05) is 0 Å². The zero-order chi connectivity index (χ0) is 13.8. The molecule has 0 radical (unpaired) electrons. The fraction of sp³-hybridized carbons (Fsp3) is 0.667. The van der Waals surface area contributed by atoms with E-state index in [0.717, 1.165) is 42.2 Å². The summed E-state index contributed by atoms with van der Waals surface area (Å²) in [5, 5.41) is 3.46. The van der Waals surface area contributed by atoms with E-state index in [1.807, 2.05) is 13.1 Å². The number of methoxy groups -OCH3 is 1. The smallest absolute Gasteiger partial charge is 0.128 e. The number of likely N-dealkylation sites (N-methyl/N-ethyl adjacent to an activating group) is 1. The standard InChI is InChI=1S/C15H25N3O/c1-11-8-17-14(12(2)15(11)19-4)10-18(3)13-6-5-7-16-9-13/h8,13,16H,5-7,9-10H2,1-4H3. The van der Waals surface area contributed by atoms with Crippen LogP contribution in [0.1, 0.15) is 29.7 Å². The maximum atomic E-state index is 5.47. The van der Waals surface area contributed by atoms with Gasteiger partial charge in [-0.05, 0) is 40.3 Å². The molecule has 0 aromatic carbocycles. The van der Waals surface area contributed by atoms with E-state index in [0.29, 0.717) is 6.04 Å². The lowest BCUT2D eigenvalue weighted by Gasteiger charge is -2.31. The third kappa shape index (κ3) is 3.25. The van der Waals surface area contributed by atoms with E-state index in [2.05, 4.69) is 29.2 Å². The Balaban J connectivity index is 2.10. The van der Waals surface area contributed by atoms with E-state index in [1.165, 1.54) is 12.8 Å². The van der Waals surface area contributed by atoms with E-state index in [4.69, 9.17) is 4.74 Å². The van der Waals surface area contributed by atoms with Crippen LogP contribution in [0.3, 0.4) is 0 Å². The van der Waals surface area contributed by atoms with Gasteiger partial charge >= 0.3 is 0 Å². The Bertz CT molecular complexity index is 428. The molecular formula is C15H25N3O. The van der Waals surface area contributed by atoms with Crippen molar-refractivity contribution in [2.75, 3.05) is 27.2 Å². The molecule has 0 saturated carbocycles. The molecule has 1 atom stereocenters. The summed E-state index contributed by atoms with van der Waals surface area (Å²) in [6.07, 6.45) is 4.44. The molecule has 1 unspecified atom stereocenters. The number of hydrogen-bond acceptors (Lipinski definition) is 4. The number of nitrogens with one attached hydrogen (secondary N) is 1. The normalized spacial score (nSPS) is 19.7. The Morgan fingerprint density at radius 3 is 2.89 bits per heavy atom. The van der Waals surface area contributed by atoms with E-state index in [-0.39, 0.29) is 0 Å². The van der Waals surface area contributed by atoms with Crippen molar-refractivity contribution in [3.05, 3.63) is 23.0 Å². The quantitative estimate of drug-likeness (QED) is 0.900. The second kappa shape index (κ2) is 6.35. The van der Waals surface area contributed by atoms with Crippen LogP contribution >= 0.6 is 0 Å². The summed E-state index contributed by atoms with van der Waals surface area (Å²) in [6.45, 7) is 7.26. The van der Waals surface area contributed by atoms with Gasteiger partial charge in [0.25, 0.3) is 0 Å². The molecule has 1 aromatic rings. The maximum absolute atomic E-state index is 5.47. The number of ether oxygens (including phenoxy) is 1. The van der Waals surface area contributed by atoms with Gasteiger partial charge in [-0.2, -0.15) is 0 Å². The Labute approximate surface area is 116 Å². The monoisotopic (exact) mass is 263 g/mol. The van der Waals surface area contributed by atoms with Gasteiger partial charge in [0.05, 0.1) is 12.8 Å². The second-order valence-electron chi connectivity index (χ2n) is 5.46. The highest BCUT2D eigenvalue weighted by Gasteiger charge is 2.19. The molecule has 4 heteroatoms. The van der Waals surface area contributed by atoms with Crippen molar-refractivity contribution in [1.29, 1.82) is 0 Å². The molecule has 0 aliphatic carbocycles. The van der Waals surface area contributed by atoms with E-state index >= 15 is 0 Å². The Kier molecular flexibility index (Phi) is 4.77. The van der Waals surface area contributed by atoms with Gasteiger partial charge in [-0.3, -0.25) is 9.88 Å². The average molecular weight is 263 g/mol. The first-order chi connectivity index (χ1) is 9.13. The molecule has 1 aliphatic heterocycles. The van der Waals surface area contributed by atoms with Crippen LogP contribution in [0.25, 0.3) is 0 Å². The SMILES string of the molecule is COc1c(C)cnc(CN(C)C2CCCNC2)c1C. The van der Waals surface area contributed by atoms with Crippen LogP contribution < -0.4 is 10.1 Å². The van der Waals surface area contributed by atoms with Gasteiger partial charge in [0.15, 0.2) is 0 Å². The van der Waals surface area contributed by atoms with Gasteiger partial charge in [-0.15, -0.1) is 0 Å². The third-order valence-electron chi connectivity index (χ3n) is 4.04. The van der Waals surface area contributed by atoms with Crippen molar-refractivity contribution in [2.24, 2.45) is 0 Å². The van der Waals surface area contributed by atoms with Gasteiger partial charge < -0.3 is 10.1 Å². The van der Waals surface area contributed by atoms with Gasteiger partial charge in [-0.25, -0.2) is 0 Å². The molecule has 1 N–H and O–H groups in total. The Hall–Kier alpha value is -1.13. The summed E-state index contributed by atoms with van der Waals surface area (Å²) >= 11 is 0. The minimum absolute atomic E-state index is 0.613. The second-order valence-corrected chi connectivity index (χ2v) is 5.46. The van der Waals surface area contributed by atoms with Crippen molar-refractivity contribution in [2.45, 2.75) is 39.3 Å². The predicted octanol–water partition coefficient (Wildman–Crippen LogP) is 1.89. The first kappa shape index (κ1) is 14.3. The summed E-state index contributed by atoms with van der Waals surface area (Å²) in [7, 11) is 3.92. The molecule has 1 aliphatic rings. The zero-order valence-corrected chi connectivity index (χ0v) is 12.5. The summed E-state index contributed by atoms with van der Waals surface area (Å²) < 4.78 is 5.47. The summed E-state index contributed by atoms with van der Waals surface area (Å²) in [4.78, 5) is 6.98. The number of hydrogen-bond donors (Lipinski definition) is 1. The fourth-order valence-corrected chi connectivity index (χ4v) is 2.81. The summed E-state index contributed by atoms with van der Waals surface area (Å²) in [5.41, 5.74) is 3.39. The molecule has 4 nitrogen and oxygen atoms in total. The first-order valence-corrected chi connectivity index (χ1v) is 7.03. The van der Waals surface area contributed by atoms with Gasteiger partial charge in [0.2, 0.25) is 0 Å². The number of rotatable bonds is 4. The van der Waals surface area contributed by atoms with Crippen LogP contribution in [0.15, 0.2) is 6.20 Å². The van der Waals surface area contributed by atoms with E-state index < -0.39 is 0 Å². The highest BCUT2D eigenvalue weighted by Crippen LogP contribution is 2.25. The van der Waals surface area contributed by atoms with Crippen LogP contribution in [0.5, 0.6) is 5.75 Å². The highest BCUT2D eigenvalue weighted by molar-refractivity contribution is 5.41. The minimum Gasteiger partial charge on any atom is -0.496 e. The van der Waals surface area contributed by atoms with Crippen LogP contribution in [-0.4, -0.2) is 43.2 Å².